The Morgan fingerprint density at radius 2 is 1.95 bits per heavy atom. The quantitative estimate of drug-likeness (QED) is 0.647. The fourth-order valence-electron chi connectivity index (χ4n) is 1.55. The van der Waals surface area contributed by atoms with Crippen molar-refractivity contribution in [2.45, 2.75) is 0 Å². The molecule has 0 aromatic heterocycles. The van der Waals surface area contributed by atoms with Gasteiger partial charge in [-0.15, -0.1) is 0 Å². The number of hydrogen-bond acceptors (Lipinski definition) is 3. The molecule has 4 heteroatoms. The Labute approximate surface area is 110 Å². The number of carboxylic acid groups (broad SMARTS) is 1. The van der Waals surface area contributed by atoms with Gasteiger partial charge in [0.1, 0.15) is 23.5 Å². The number of carbonyl (C=O) groups excluding carboxylic acids is 1. The lowest BCUT2D eigenvalue weighted by Gasteiger charge is -2.04. The van der Waals surface area contributed by atoms with E-state index in [2.05, 4.69) is 6.08 Å². The van der Waals surface area contributed by atoms with Gasteiger partial charge in [0.05, 0.1) is 12.2 Å². The molecule has 1 N–H and O–H groups in total. The van der Waals surface area contributed by atoms with E-state index < -0.39 is 12.6 Å². The summed E-state index contributed by atoms with van der Waals surface area (Å²) in [5.41, 5.74) is 1.10. The minimum absolute atomic E-state index is 0.0983. The fraction of sp³-hybridized carbons (Fsp3) is 0.0667. The molecule has 0 fully saturated rings. The molecule has 0 spiro atoms. The number of aliphatic carboxylic acids is 1. The van der Waals surface area contributed by atoms with E-state index in [4.69, 9.17) is 9.84 Å². The first-order valence-electron chi connectivity index (χ1n) is 5.62. The topological polar surface area (TPSA) is 63.6 Å². The molecule has 0 heterocycles. The van der Waals surface area contributed by atoms with Crippen LogP contribution in [0.2, 0.25) is 0 Å². The van der Waals surface area contributed by atoms with Gasteiger partial charge in [0.2, 0.25) is 5.78 Å². The molecule has 0 saturated heterocycles. The number of rotatable bonds is 5. The number of Topliss-reactive ketones (excluding diaryl/α,β-unsaturated/α-hetero) is 1. The number of ether oxygens (including phenoxy) is 1. The molecule has 4 nitrogen and oxygen atoms in total. The van der Waals surface area contributed by atoms with Crippen LogP contribution in [0, 0.1) is 6.08 Å². The highest BCUT2D eigenvalue weighted by molar-refractivity contribution is 6.10. The number of carbonyl (C=O) groups is 2. The molecule has 1 aliphatic rings. The second kappa shape index (κ2) is 5.76. The van der Waals surface area contributed by atoms with E-state index in [9.17, 15) is 9.59 Å². The molecule has 1 aromatic carbocycles. The van der Waals surface area contributed by atoms with Gasteiger partial charge in [0.25, 0.3) is 0 Å². The molecule has 0 amide bonds. The molecule has 0 radical (unpaired) electrons. The fourth-order valence-corrected chi connectivity index (χ4v) is 1.55. The summed E-state index contributed by atoms with van der Waals surface area (Å²) >= 11 is 0. The Morgan fingerprint density at radius 3 is 2.53 bits per heavy atom. The van der Waals surface area contributed by atoms with Crippen LogP contribution in [0.25, 0.3) is 0 Å². The van der Waals surface area contributed by atoms with Crippen LogP contribution in [0.1, 0.15) is 10.4 Å². The standard InChI is InChI=1S/C15H10O4/c16-14(17)10-19-13-8-6-12(7-9-13)15(18)11-4-2-1-3-5-11/h2-9H,10H2/p+1. The van der Waals surface area contributed by atoms with Crippen molar-refractivity contribution >= 4 is 11.8 Å². The number of hydrogen-bond donors (Lipinski definition) is 1. The Bertz CT molecular complexity index is 577. The maximum absolute atomic E-state index is 12.1. The zero-order valence-corrected chi connectivity index (χ0v) is 10.00. The molecule has 0 aliphatic heterocycles. The average molecular weight is 255 g/mol. The molecule has 0 atom stereocenters. The molecule has 0 saturated carbocycles. The van der Waals surface area contributed by atoms with Crippen molar-refractivity contribution in [3.63, 3.8) is 0 Å². The zero-order valence-electron chi connectivity index (χ0n) is 10.00. The van der Waals surface area contributed by atoms with Gasteiger partial charge in [-0.2, -0.15) is 0 Å². The van der Waals surface area contributed by atoms with E-state index >= 15 is 0 Å². The number of ketones is 1. The lowest BCUT2D eigenvalue weighted by Crippen LogP contribution is -2.09. The van der Waals surface area contributed by atoms with Crippen molar-refractivity contribution in [1.82, 2.24) is 0 Å². The third kappa shape index (κ3) is 3.37. The maximum Gasteiger partial charge on any atom is 0.341 e. The number of benzene rings is 1. The van der Waals surface area contributed by atoms with E-state index in [0.29, 0.717) is 16.9 Å². The second-order valence-electron chi connectivity index (χ2n) is 3.82. The molecular weight excluding hydrogens is 244 g/mol. The van der Waals surface area contributed by atoms with Crippen molar-refractivity contribution in [1.29, 1.82) is 0 Å². The third-order valence-electron chi connectivity index (χ3n) is 2.46. The summed E-state index contributed by atoms with van der Waals surface area (Å²) in [6, 6.07) is 6.36. The van der Waals surface area contributed by atoms with Crippen LogP contribution < -0.4 is 4.74 Å². The van der Waals surface area contributed by atoms with Crippen LogP contribution in [0.5, 0.6) is 5.75 Å². The van der Waals surface area contributed by atoms with Gasteiger partial charge in [0, 0.05) is 11.6 Å². The highest BCUT2D eigenvalue weighted by Crippen LogP contribution is 2.16. The predicted molar refractivity (Wildman–Crippen MR) is 68.9 cm³/mol. The first-order chi connectivity index (χ1) is 9.16. The van der Waals surface area contributed by atoms with Gasteiger partial charge in [-0.25, -0.2) is 4.79 Å². The molecule has 19 heavy (non-hydrogen) atoms. The van der Waals surface area contributed by atoms with Crippen LogP contribution in [-0.4, -0.2) is 23.5 Å². The summed E-state index contributed by atoms with van der Waals surface area (Å²) in [4.78, 5) is 22.4. The van der Waals surface area contributed by atoms with Crippen molar-refractivity contribution in [2.24, 2.45) is 0 Å². The van der Waals surface area contributed by atoms with E-state index in [1.165, 1.54) is 0 Å². The maximum atomic E-state index is 12.1. The Kier molecular flexibility index (Phi) is 3.86. The van der Waals surface area contributed by atoms with Gasteiger partial charge in [-0.05, 0) is 24.3 Å². The van der Waals surface area contributed by atoms with Gasteiger partial charge < -0.3 is 9.84 Å². The Morgan fingerprint density at radius 1 is 1.21 bits per heavy atom. The summed E-state index contributed by atoms with van der Waals surface area (Å²) in [5, 5.41) is 8.48. The molecular formula is C15H11O4+. The van der Waals surface area contributed by atoms with Crippen molar-refractivity contribution in [3.05, 3.63) is 65.8 Å². The summed E-state index contributed by atoms with van der Waals surface area (Å²) in [6.07, 6.45) is 9.59. The summed E-state index contributed by atoms with van der Waals surface area (Å²) in [5.74, 6) is -0.722. The SMILES string of the molecule is O=C(O)COc1ccc(C(=O)C2=CC=[C+]C=C2)cc1. The van der Waals surface area contributed by atoms with Crippen LogP contribution >= 0.6 is 0 Å². The molecule has 0 unspecified atom stereocenters. The van der Waals surface area contributed by atoms with E-state index in [1.807, 2.05) is 0 Å². The van der Waals surface area contributed by atoms with Crippen molar-refractivity contribution < 1.29 is 19.4 Å². The zero-order chi connectivity index (χ0) is 13.7. The molecule has 1 aromatic rings. The smallest absolute Gasteiger partial charge is 0.341 e. The number of allylic oxidation sites excluding steroid dienone is 6. The van der Waals surface area contributed by atoms with E-state index in [1.54, 1.807) is 48.6 Å². The molecule has 0 bridgehead atoms. The molecule has 94 valence electrons. The lowest BCUT2D eigenvalue weighted by atomic mass is 10.0. The minimum Gasteiger partial charge on any atom is -0.482 e. The number of carboxylic acids is 1. The van der Waals surface area contributed by atoms with E-state index in [-0.39, 0.29) is 5.78 Å². The van der Waals surface area contributed by atoms with Crippen LogP contribution in [-0.2, 0) is 4.79 Å². The summed E-state index contributed by atoms with van der Waals surface area (Å²) < 4.78 is 4.99. The summed E-state index contributed by atoms with van der Waals surface area (Å²) in [6.45, 7) is -0.401. The third-order valence-corrected chi connectivity index (χ3v) is 2.46. The normalized spacial score (nSPS) is 12.5. The van der Waals surface area contributed by atoms with Crippen molar-refractivity contribution in [3.8, 4) is 5.75 Å². The van der Waals surface area contributed by atoms with Gasteiger partial charge >= 0.3 is 5.97 Å². The molecule has 2 rings (SSSR count). The van der Waals surface area contributed by atoms with Gasteiger partial charge in [0.15, 0.2) is 6.61 Å². The summed E-state index contributed by atoms with van der Waals surface area (Å²) in [7, 11) is 0. The van der Waals surface area contributed by atoms with Crippen LogP contribution in [0.15, 0.2) is 54.1 Å². The predicted octanol–water partition coefficient (Wildman–Crippen LogP) is 2.19. The first-order valence-corrected chi connectivity index (χ1v) is 5.62. The minimum atomic E-state index is -1.04. The van der Waals surface area contributed by atoms with Crippen LogP contribution in [0.3, 0.4) is 0 Å². The van der Waals surface area contributed by atoms with Gasteiger partial charge in [-0.1, -0.05) is 0 Å². The highest BCUT2D eigenvalue weighted by atomic mass is 16.5. The first kappa shape index (κ1) is 12.7. The Hall–Kier alpha value is -2.71. The lowest BCUT2D eigenvalue weighted by molar-refractivity contribution is -0.139. The second-order valence-corrected chi connectivity index (χ2v) is 3.82. The van der Waals surface area contributed by atoms with Crippen molar-refractivity contribution in [2.75, 3.05) is 6.61 Å². The van der Waals surface area contributed by atoms with Crippen LogP contribution in [0.4, 0.5) is 0 Å². The average Bonchev–Trinajstić information content (AvgIpc) is 2.46. The largest absolute Gasteiger partial charge is 0.482 e. The molecule has 1 aliphatic carbocycles. The monoisotopic (exact) mass is 255 g/mol. The Balaban J connectivity index is 2.08. The highest BCUT2D eigenvalue weighted by Gasteiger charge is 2.15. The van der Waals surface area contributed by atoms with E-state index in [0.717, 1.165) is 0 Å². The van der Waals surface area contributed by atoms with Gasteiger partial charge in [-0.3, -0.25) is 4.79 Å².